The molecule has 0 fully saturated rings. The van der Waals surface area contributed by atoms with Crippen molar-refractivity contribution < 1.29 is 0 Å². The number of benzene rings is 2. The van der Waals surface area contributed by atoms with Crippen molar-refractivity contribution in [3.8, 4) is 0 Å². The van der Waals surface area contributed by atoms with Gasteiger partial charge in [-0.25, -0.2) is 0 Å². The number of hydrogen-bond acceptors (Lipinski definition) is 2. The second kappa shape index (κ2) is 4.80. The molecule has 0 aliphatic rings. The zero-order valence-electron chi connectivity index (χ0n) is 9.92. The Morgan fingerprint density at radius 1 is 1.06 bits per heavy atom. The fourth-order valence-electron chi connectivity index (χ4n) is 1.67. The maximum Gasteiger partial charge on any atom is 0.0620 e. The Balaban J connectivity index is 2.38. The number of hydrogen-bond donors (Lipinski definition) is 2. The largest absolute Gasteiger partial charge is 0.397 e. The van der Waals surface area contributed by atoms with Gasteiger partial charge in [0.2, 0.25) is 0 Å². The standard InChI is InChI=1S/C14H15BrN2/c1-9-6-7-11(15)13(8-9)17-12-5-3-4-10(2)14(12)16/h3-8,17H,16H2,1-2H3. The number of halogens is 1. The predicted octanol–water partition coefficient (Wildman–Crippen LogP) is 4.39. The Hall–Kier alpha value is -1.48. The van der Waals surface area contributed by atoms with Crippen molar-refractivity contribution in [1.82, 2.24) is 0 Å². The molecule has 0 aliphatic carbocycles. The first kappa shape index (κ1) is 12.0. The smallest absolute Gasteiger partial charge is 0.0620 e. The zero-order valence-corrected chi connectivity index (χ0v) is 11.5. The van der Waals surface area contributed by atoms with Crippen molar-refractivity contribution in [1.29, 1.82) is 0 Å². The van der Waals surface area contributed by atoms with Crippen LogP contribution in [0.1, 0.15) is 11.1 Å². The topological polar surface area (TPSA) is 38.0 Å². The number of nitrogens with two attached hydrogens (primary N) is 1. The van der Waals surface area contributed by atoms with Gasteiger partial charge in [0.15, 0.2) is 0 Å². The maximum atomic E-state index is 6.04. The third-order valence-corrected chi connectivity index (χ3v) is 3.41. The van der Waals surface area contributed by atoms with Crippen molar-refractivity contribution in [3.05, 3.63) is 52.0 Å². The van der Waals surface area contributed by atoms with Gasteiger partial charge in [0.05, 0.1) is 17.1 Å². The molecule has 2 rings (SSSR count). The Bertz CT molecular complexity index is 550. The van der Waals surface area contributed by atoms with Crippen LogP contribution in [0.3, 0.4) is 0 Å². The fourth-order valence-corrected chi connectivity index (χ4v) is 2.02. The van der Waals surface area contributed by atoms with Crippen LogP contribution in [0.25, 0.3) is 0 Å². The van der Waals surface area contributed by atoms with E-state index in [1.807, 2.05) is 31.2 Å². The summed E-state index contributed by atoms with van der Waals surface area (Å²) in [6.07, 6.45) is 0. The van der Waals surface area contributed by atoms with Gasteiger partial charge < -0.3 is 11.1 Å². The van der Waals surface area contributed by atoms with Crippen molar-refractivity contribution in [2.24, 2.45) is 0 Å². The van der Waals surface area contributed by atoms with Gasteiger partial charge in [0.25, 0.3) is 0 Å². The zero-order chi connectivity index (χ0) is 12.4. The van der Waals surface area contributed by atoms with Gasteiger partial charge >= 0.3 is 0 Å². The summed E-state index contributed by atoms with van der Waals surface area (Å²) in [5, 5.41) is 3.35. The van der Waals surface area contributed by atoms with Gasteiger partial charge in [-0.2, -0.15) is 0 Å². The van der Waals surface area contributed by atoms with Crippen LogP contribution in [0.2, 0.25) is 0 Å². The van der Waals surface area contributed by atoms with E-state index in [1.54, 1.807) is 0 Å². The molecule has 3 heteroatoms. The van der Waals surface area contributed by atoms with Crippen LogP contribution in [-0.2, 0) is 0 Å². The molecule has 2 aromatic rings. The lowest BCUT2D eigenvalue weighted by molar-refractivity contribution is 1.41. The van der Waals surface area contributed by atoms with Gasteiger partial charge in [-0.1, -0.05) is 18.2 Å². The van der Waals surface area contributed by atoms with Gasteiger partial charge in [-0.15, -0.1) is 0 Å². The molecule has 2 nitrogen and oxygen atoms in total. The summed E-state index contributed by atoms with van der Waals surface area (Å²) in [5.41, 5.74) is 11.1. The molecule has 0 bridgehead atoms. The van der Waals surface area contributed by atoms with Crippen LogP contribution >= 0.6 is 15.9 Å². The second-order valence-corrected chi connectivity index (χ2v) is 5.00. The van der Waals surface area contributed by atoms with E-state index in [-0.39, 0.29) is 0 Å². The predicted molar refractivity (Wildman–Crippen MR) is 77.8 cm³/mol. The molecular weight excluding hydrogens is 276 g/mol. The van der Waals surface area contributed by atoms with Crippen molar-refractivity contribution >= 4 is 33.0 Å². The van der Waals surface area contributed by atoms with E-state index in [9.17, 15) is 0 Å². The molecule has 0 spiro atoms. The molecule has 0 unspecified atom stereocenters. The van der Waals surface area contributed by atoms with E-state index in [1.165, 1.54) is 5.56 Å². The molecule has 0 aromatic heterocycles. The molecule has 3 N–H and O–H groups in total. The number of para-hydroxylation sites is 1. The van der Waals surface area contributed by atoms with Crippen LogP contribution in [-0.4, -0.2) is 0 Å². The third kappa shape index (κ3) is 2.61. The molecule has 17 heavy (non-hydrogen) atoms. The quantitative estimate of drug-likeness (QED) is 0.805. The van der Waals surface area contributed by atoms with E-state index in [0.29, 0.717) is 0 Å². The van der Waals surface area contributed by atoms with Crippen molar-refractivity contribution in [3.63, 3.8) is 0 Å². The number of nitrogen functional groups attached to an aromatic ring is 1. The monoisotopic (exact) mass is 290 g/mol. The molecule has 0 saturated heterocycles. The van der Waals surface area contributed by atoms with E-state index in [4.69, 9.17) is 5.73 Å². The lowest BCUT2D eigenvalue weighted by Crippen LogP contribution is -1.98. The average Bonchev–Trinajstić information content (AvgIpc) is 2.30. The van der Waals surface area contributed by atoms with E-state index in [2.05, 4.69) is 40.3 Å². The highest BCUT2D eigenvalue weighted by Crippen LogP contribution is 2.30. The molecule has 0 saturated carbocycles. The highest BCUT2D eigenvalue weighted by Gasteiger charge is 2.04. The van der Waals surface area contributed by atoms with Gasteiger partial charge in [-0.05, 0) is 59.1 Å². The summed E-state index contributed by atoms with van der Waals surface area (Å²) in [4.78, 5) is 0. The van der Waals surface area contributed by atoms with Gasteiger partial charge in [0.1, 0.15) is 0 Å². The summed E-state index contributed by atoms with van der Waals surface area (Å²) in [5.74, 6) is 0. The molecule has 88 valence electrons. The van der Waals surface area contributed by atoms with Crippen molar-refractivity contribution in [2.45, 2.75) is 13.8 Å². The number of anilines is 3. The lowest BCUT2D eigenvalue weighted by atomic mass is 10.1. The Morgan fingerprint density at radius 3 is 2.59 bits per heavy atom. The number of aryl methyl sites for hydroxylation is 2. The van der Waals surface area contributed by atoms with Gasteiger partial charge in [-0.3, -0.25) is 0 Å². The minimum Gasteiger partial charge on any atom is -0.397 e. The Labute approximate surface area is 110 Å². The summed E-state index contributed by atoms with van der Waals surface area (Å²) >= 11 is 3.53. The molecule has 0 amide bonds. The Morgan fingerprint density at radius 2 is 1.82 bits per heavy atom. The normalized spacial score (nSPS) is 10.3. The molecular formula is C14H15BrN2. The Kier molecular flexibility index (Phi) is 3.38. The molecule has 0 aliphatic heterocycles. The summed E-state index contributed by atoms with van der Waals surface area (Å²) in [6.45, 7) is 4.07. The molecule has 2 aromatic carbocycles. The van der Waals surface area contributed by atoms with Crippen LogP contribution < -0.4 is 11.1 Å². The lowest BCUT2D eigenvalue weighted by Gasteiger charge is -2.13. The van der Waals surface area contributed by atoms with E-state index >= 15 is 0 Å². The van der Waals surface area contributed by atoms with Crippen LogP contribution in [0.15, 0.2) is 40.9 Å². The first-order valence-electron chi connectivity index (χ1n) is 5.46. The van der Waals surface area contributed by atoms with Crippen LogP contribution in [0, 0.1) is 13.8 Å². The first-order chi connectivity index (χ1) is 8.08. The highest BCUT2D eigenvalue weighted by atomic mass is 79.9. The summed E-state index contributed by atoms with van der Waals surface area (Å²) in [6, 6.07) is 12.2. The van der Waals surface area contributed by atoms with E-state index in [0.717, 1.165) is 27.1 Å². The summed E-state index contributed by atoms with van der Waals surface area (Å²) < 4.78 is 1.03. The van der Waals surface area contributed by atoms with Crippen LogP contribution in [0.4, 0.5) is 17.1 Å². The first-order valence-corrected chi connectivity index (χ1v) is 6.25. The minimum atomic E-state index is 0.793. The second-order valence-electron chi connectivity index (χ2n) is 4.14. The number of rotatable bonds is 2. The SMILES string of the molecule is Cc1ccc(Br)c(Nc2cccc(C)c2N)c1. The third-order valence-electron chi connectivity index (χ3n) is 2.72. The highest BCUT2D eigenvalue weighted by molar-refractivity contribution is 9.10. The van der Waals surface area contributed by atoms with E-state index < -0.39 is 0 Å². The number of nitrogens with one attached hydrogen (secondary N) is 1. The van der Waals surface area contributed by atoms with Crippen molar-refractivity contribution in [2.75, 3.05) is 11.1 Å². The summed E-state index contributed by atoms with van der Waals surface area (Å²) in [7, 11) is 0. The van der Waals surface area contributed by atoms with Gasteiger partial charge in [0, 0.05) is 4.47 Å². The molecule has 0 heterocycles. The maximum absolute atomic E-state index is 6.04. The molecule has 0 radical (unpaired) electrons. The fraction of sp³-hybridized carbons (Fsp3) is 0.143. The average molecular weight is 291 g/mol. The van der Waals surface area contributed by atoms with Crippen LogP contribution in [0.5, 0.6) is 0 Å². The molecule has 0 atom stereocenters. The minimum absolute atomic E-state index is 0.793.